The lowest BCUT2D eigenvalue weighted by molar-refractivity contribution is -0.159. The highest BCUT2D eigenvalue weighted by Gasteiger charge is 2.20. The van der Waals surface area contributed by atoms with Crippen LogP contribution in [0.1, 0.15) is 5.56 Å². The zero-order valence-corrected chi connectivity index (χ0v) is 14.8. The zero-order chi connectivity index (χ0) is 19.8. The van der Waals surface area contributed by atoms with E-state index in [4.69, 9.17) is 34.4 Å². The van der Waals surface area contributed by atoms with E-state index in [1.54, 1.807) is 0 Å². The first kappa shape index (κ1) is 20.9. The molecule has 0 saturated carbocycles. The predicted octanol–water partition coefficient (Wildman–Crippen LogP) is -0.958. The molecule has 1 atom stereocenters. The fourth-order valence-corrected chi connectivity index (χ4v) is 2.78. The van der Waals surface area contributed by atoms with Crippen LogP contribution >= 0.6 is 0 Å². The molecule has 27 heavy (non-hydrogen) atoms. The molecular weight excluding hydrogens is 360 g/mol. The number of ether oxygens (including phenoxy) is 2. The third kappa shape index (κ3) is 6.68. The van der Waals surface area contributed by atoms with Gasteiger partial charge in [0.05, 0.1) is 12.7 Å². The van der Waals surface area contributed by atoms with Crippen LogP contribution in [0.15, 0.2) is 18.2 Å². The molecule has 2 heterocycles. The molecule has 150 valence electrons. The van der Waals surface area contributed by atoms with Crippen LogP contribution in [-0.4, -0.2) is 94.4 Å². The SMILES string of the molecule is O=C(O)C(=O)O.OCC(O)CN1CCN(Cc2ccc3c(c2)OCO3)CC1. The zero-order valence-electron chi connectivity index (χ0n) is 14.8. The van der Waals surface area contributed by atoms with E-state index in [1.165, 1.54) is 5.56 Å². The first-order valence-corrected chi connectivity index (χ1v) is 8.47. The number of aliphatic carboxylic acids is 2. The summed E-state index contributed by atoms with van der Waals surface area (Å²) in [5, 5.41) is 33.1. The van der Waals surface area contributed by atoms with Gasteiger partial charge in [-0.05, 0) is 17.7 Å². The molecule has 0 bridgehead atoms. The van der Waals surface area contributed by atoms with E-state index in [-0.39, 0.29) is 6.61 Å². The highest BCUT2D eigenvalue weighted by atomic mass is 16.7. The maximum atomic E-state index is 9.47. The van der Waals surface area contributed by atoms with Crippen LogP contribution in [0, 0.1) is 0 Å². The molecule has 1 saturated heterocycles. The van der Waals surface area contributed by atoms with Gasteiger partial charge in [-0.1, -0.05) is 6.07 Å². The summed E-state index contributed by atoms with van der Waals surface area (Å²) in [6.45, 7) is 5.35. The van der Waals surface area contributed by atoms with E-state index in [0.717, 1.165) is 44.2 Å². The van der Waals surface area contributed by atoms with Crippen molar-refractivity contribution in [2.45, 2.75) is 12.6 Å². The minimum atomic E-state index is -1.82. The number of carbonyl (C=O) groups is 2. The van der Waals surface area contributed by atoms with Crippen molar-refractivity contribution in [1.29, 1.82) is 0 Å². The number of nitrogens with zero attached hydrogens (tertiary/aromatic N) is 2. The number of carboxylic acids is 2. The second kappa shape index (κ2) is 10.1. The quantitative estimate of drug-likeness (QED) is 0.469. The van der Waals surface area contributed by atoms with Gasteiger partial charge >= 0.3 is 11.9 Å². The van der Waals surface area contributed by atoms with Gasteiger partial charge in [-0.2, -0.15) is 0 Å². The Morgan fingerprint density at radius 1 is 1.00 bits per heavy atom. The third-order valence-corrected chi connectivity index (χ3v) is 4.17. The van der Waals surface area contributed by atoms with Crippen LogP contribution in [-0.2, 0) is 16.1 Å². The van der Waals surface area contributed by atoms with Gasteiger partial charge in [-0.15, -0.1) is 0 Å². The summed E-state index contributed by atoms with van der Waals surface area (Å²) in [4.78, 5) is 22.8. The molecule has 4 N–H and O–H groups in total. The van der Waals surface area contributed by atoms with Crippen molar-refractivity contribution in [2.75, 3.05) is 46.1 Å². The van der Waals surface area contributed by atoms with Gasteiger partial charge in [0, 0.05) is 39.3 Å². The smallest absolute Gasteiger partial charge is 0.414 e. The molecule has 2 aliphatic heterocycles. The molecule has 0 amide bonds. The predicted molar refractivity (Wildman–Crippen MR) is 92.6 cm³/mol. The summed E-state index contributed by atoms with van der Waals surface area (Å²) in [5.74, 6) is -2.00. The minimum absolute atomic E-state index is 0.169. The minimum Gasteiger partial charge on any atom is -0.473 e. The van der Waals surface area contributed by atoms with Crippen LogP contribution in [0.25, 0.3) is 0 Å². The maximum Gasteiger partial charge on any atom is 0.414 e. The number of fused-ring (bicyclic) bond motifs is 1. The normalized spacial score (nSPS) is 17.7. The van der Waals surface area contributed by atoms with E-state index in [2.05, 4.69) is 15.9 Å². The molecular formula is C17H24N2O8. The van der Waals surface area contributed by atoms with Gasteiger partial charge in [-0.3, -0.25) is 9.80 Å². The Morgan fingerprint density at radius 3 is 2.19 bits per heavy atom. The average Bonchev–Trinajstić information content (AvgIpc) is 3.11. The molecule has 1 aromatic rings. The molecule has 1 unspecified atom stereocenters. The van der Waals surface area contributed by atoms with E-state index in [9.17, 15) is 5.11 Å². The van der Waals surface area contributed by atoms with E-state index < -0.39 is 18.0 Å². The summed E-state index contributed by atoms with van der Waals surface area (Å²) >= 11 is 0. The second-order valence-electron chi connectivity index (χ2n) is 6.21. The summed E-state index contributed by atoms with van der Waals surface area (Å²) in [6, 6.07) is 6.09. The van der Waals surface area contributed by atoms with Crippen molar-refractivity contribution in [3.63, 3.8) is 0 Å². The molecule has 10 nitrogen and oxygen atoms in total. The van der Waals surface area contributed by atoms with E-state index >= 15 is 0 Å². The molecule has 0 aliphatic carbocycles. The number of piperazine rings is 1. The highest BCUT2D eigenvalue weighted by Crippen LogP contribution is 2.32. The van der Waals surface area contributed by atoms with Crippen molar-refractivity contribution in [2.24, 2.45) is 0 Å². The fraction of sp³-hybridized carbons (Fsp3) is 0.529. The Morgan fingerprint density at radius 2 is 1.59 bits per heavy atom. The van der Waals surface area contributed by atoms with Gasteiger partial charge in [-0.25, -0.2) is 9.59 Å². The molecule has 0 radical (unpaired) electrons. The maximum absolute atomic E-state index is 9.47. The number of aliphatic hydroxyl groups is 2. The molecule has 10 heteroatoms. The molecule has 3 rings (SSSR count). The molecule has 1 aromatic carbocycles. The first-order chi connectivity index (χ1) is 12.9. The number of aliphatic hydroxyl groups excluding tert-OH is 2. The number of rotatable bonds is 5. The molecule has 0 spiro atoms. The van der Waals surface area contributed by atoms with Gasteiger partial charge in [0.1, 0.15) is 0 Å². The van der Waals surface area contributed by atoms with Crippen LogP contribution in [0.5, 0.6) is 11.5 Å². The van der Waals surface area contributed by atoms with Crippen molar-refractivity contribution in [3.8, 4) is 11.5 Å². The third-order valence-electron chi connectivity index (χ3n) is 4.17. The molecule has 0 aromatic heterocycles. The largest absolute Gasteiger partial charge is 0.473 e. The summed E-state index contributed by atoms with van der Waals surface area (Å²) in [6.07, 6.45) is -0.634. The van der Waals surface area contributed by atoms with Gasteiger partial charge < -0.3 is 29.9 Å². The monoisotopic (exact) mass is 384 g/mol. The van der Waals surface area contributed by atoms with E-state index in [0.29, 0.717) is 13.3 Å². The van der Waals surface area contributed by atoms with Crippen molar-refractivity contribution in [3.05, 3.63) is 23.8 Å². The second-order valence-corrected chi connectivity index (χ2v) is 6.21. The Hall–Kier alpha value is -2.40. The van der Waals surface area contributed by atoms with Crippen LogP contribution < -0.4 is 9.47 Å². The van der Waals surface area contributed by atoms with Crippen molar-refractivity contribution in [1.82, 2.24) is 9.80 Å². The van der Waals surface area contributed by atoms with Crippen molar-refractivity contribution < 1.29 is 39.5 Å². The number of β-amino-alcohol motifs (C(OH)–C–C–N with tert-alkyl or cyclic N) is 1. The highest BCUT2D eigenvalue weighted by molar-refractivity contribution is 6.27. The Kier molecular flexibility index (Phi) is 7.80. The first-order valence-electron chi connectivity index (χ1n) is 8.47. The fourth-order valence-electron chi connectivity index (χ4n) is 2.78. The Balaban J connectivity index is 0.000000380. The average molecular weight is 384 g/mol. The number of hydrogen-bond acceptors (Lipinski definition) is 8. The summed E-state index contributed by atoms with van der Waals surface area (Å²) in [5.41, 5.74) is 1.23. The lowest BCUT2D eigenvalue weighted by Gasteiger charge is -2.35. The lowest BCUT2D eigenvalue weighted by atomic mass is 10.1. The Labute approximate surface area is 156 Å². The van der Waals surface area contributed by atoms with Gasteiger partial charge in [0.15, 0.2) is 11.5 Å². The van der Waals surface area contributed by atoms with Crippen LogP contribution in [0.2, 0.25) is 0 Å². The van der Waals surface area contributed by atoms with Crippen molar-refractivity contribution >= 4 is 11.9 Å². The number of benzene rings is 1. The van der Waals surface area contributed by atoms with Gasteiger partial charge in [0.25, 0.3) is 0 Å². The number of carboxylic acid groups (broad SMARTS) is 2. The lowest BCUT2D eigenvalue weighted by Crippen LogP contribution is -2.48. The summed E-state index contributed by atoms with van der Waals surface area (Å²) in [7, 11) is 0. The van der Waals surface area contributed by atoms with E-state index in [1.807, 2.05) is 12.1 Å². The van der Waals surface area contributed by atoms with Gasteiger partial charge in [0.2, 0.25) is 6.79 Å². The standard InChI is InChI=1S/C15H22N2O4.C2H2O4/c18-10-13(19)9-17-5-3-16(4-6-17)8-12-1-2-14-15(7-12)21-11-20-14;3-1(4)2(5)6/h1-2,7,13,18-19H,3-6,8-11H2;(H,3,4)(H,5,6). The Bertz CT molecular complexity index is 634. The summed E-state index contributed by atoms with van der Waals surface area (Å²) < 4.78 is 10.7. The number of hydrogen-bond donors (Lipinski definition) is 4. The molecule has 1 fully saturated rings. The van der Waals surface area contributed by atoms with Crippen LogP contribution in [0.4, 0.5) is 0 Å². The molecule has 2 aliphatic rings. The topological polar surface area (TPSA) is 140 Å². The van der Waals surface area contributed by atoms with Crippen LogP contribution in [0.3, 0.4) is 0 Å².